The Morgan fingerprint density at radius 1 is 1.25 bits per heavy atom. The van der Waals surface area contributed by atoms with Gasteiger partial charge in [-0.15, -0.1) is 0 Å². The molecular weight excluding hydrogens is 198 g/mol. The second kappa shape index (κ2) is 5.80. The molecule has 16 heavy (non-hydrogen) atoms. The highest BCUT2D eigenvalue weighted by Crippen LogP contribution is 2.19. The maximum atomic E-state index is 5.21. The highest BCUT2D eigenvalue weighted by atomic mass is 16.5. The van der Waals surface area contributed by atoms with E-state index in [0.29, 0.717) is 6.61 Å². The first kappa shape index (κ1) is 12.9. The van der Waals surface area contributed by atoms with Gasteiger partial charge in [0.2, 0.25) is 0 Å². The van der Waals surface area contributed by atoms with E-state index < -0.39 is 0 Å². The number of methoxy groups -OCH3 is 1. The molecule has 0 heterocycles. The van der Waals surface area contributed by atoms with Gasteiger partial charge in [0, 0.05) is 13.3 Å². The van der Waals surface area contributed by atoms with Crippen LogP contribution in [-0.2, 0) is 4.74 Å². The Balaban J connectivity index is 2.80. The first-order chi connectivity index (χ1) is 7.53. The average molecular weight is 219 g/mol. The first-order valence-electron chi connectivity index (χ1n) is 5.61. The predicted molar refractivity (Wildman–Crippen MR) is 69.0 cm³/mol. The number of rotatable bonds is 4. The molecule has 0 aliphatic carbocycles. The second-order valence-corrected chi connectivity index (χ2v) is 5.03. The topological polar surface area (TPSA) is 21.6 Å². The van der Waals surface area contributed by atoms with E-state index >= 15 is 0 Å². The van der Waals surface area contributed by atoms with Crippen LogP contribution < -0.4 is 0 Å². The van der Waals surface area contributed by atoms with Crippen molar-refractivity contribution in [1.82, 2.24) is 0 Å². The van der Waals surface area contributed by atoms with E-state index in [4.69, 9.17) is 4.74 Å². The Morgan fingerprint density at radius 3 is 2.38 bits per heavy atom. The summed E-state index contributed by atoms with van der Waals surface area (Å²) >= 11 is 0. The molecule has 1 aromatic carbocycles. The fraction of sp³-hybridized carbons (Fsp3) is 0.500. The van der Waals surface area contributed by atoms with Crippen molar-refractivity contribution in [3.8, 4) is 0 Å². The molecule has 0 radical (unpaired) electrons. The van der Waals surface area contributed by atoms with Gasteiger partial charge in [-0.05, 0) is 11.0 Å². The highest BCUT2D eigenvalue weighted by molar-refractivity contribution is 5.64. The fourth-order valence-electron chi connectivity index (χ4n) is 1.37. The SMILES string of the molecule is COC[C@H](N=CC(C)(C)C)c1ccccc1. The lowest BCUT2D eigenvalue weighted by molar-refractivity contribution is 0.181. The molecule has 0 spiro atoms. The largest absolute Gasteiger partial charge is 0.382 e. The van der Waals surface area contributed by atoms with Crippen LogP contribution in [0.4, 0.5) is 0 Å². The monoisotopic (exact) mass is 219 g/mol. The van der Waals surface area contributed by atoms with E-state index in [1.54, 1.807) is 7.11 Å². The molecule has 0 saturated heterocycles. The van der Waals surface area contributed by atoms with E-state index in [0.717, 1.165) is 0 Å². The van der Waals surface area contributed by atoms with Crippen LogP contribution in [0.15, 0.2) is 35.3 Å². The number of hydrogen-bond donors (Lipinski definition) is 0. The number of hydrogen-bond acceptors (Lipinski definition) is 2. The van der Waals surface area contributed by atoms with Gasteiger partial charge in [0.25, 0.3) is 0 Å². The predicted octanol–water partition coefficient (Wildman–Crippen LogP) is 3.49. The summed E-state index contributed by atoms with van der Waals surface area (Å²) in [6.45, 7) is 7.05. The molecule has 1 rings (SSSR count). The smallest absolute Gasteiger partial charge is 0.0978 e. The van der Waals surface area contributed by atoms with Gasteiger partial charge in [-0.3, -0.25) is 4.99 Å². The minimum absolute atomic E-state index is 0.102. The molecule has 2 heteroatoms. The van der Waals surface area contributed by atoms with Crippen LogP contribution in [-0.4, -0.2) is 19.9 Å². The standard InChI is InChI=1S/C14H21NO/c1-14(2,3)11-15-13(10-16-4)12-8-6-5-7-9-12/h5-9,11,13H,10H2,1-4H3/t13-/m0/s1. The Morgan fingerprint density at radius 2 is 1.88 bits per heavy atom. The molecule has 1 atom stereocenters. The second-order valence-electron chi connectivity index (χ2n) is 5.03. The molecule has 0 aromatic heterocycles. The van der Waals surface area contributed by atoms with Crippen molar-refractivity contribution in [1.29, 1.82) is 0 Å². The molecular formula is C14H21NO. The maximum Gasteiger partial charge on any atom is 0.0978 e. The first-order valence-corrected chi connectivity index (χ1v) is 5.61. The summed E-state index contributed by atoms with van der Waals surface area (Å²) in [7, 11) is 1.71. The van der Waals surface area contributed by atoms with Crippen molar-refractivity contribution in [3.05, 3.63) is 35.9 Å². The van der Waals surface area contributed by atoms with Crippen LogP contribution in [0.1, 0.15) is 32.4 Å². The van der Waals surface area contributed by atoms with E-state index in [9.17, 15) is 0 Å². The fourth-order valence-corrected chi connectivity index (χ4v) is 1.37. The van der Waals surface area contributed by atoms with Gasteiger partial charge < -0.3 is 4.74 Å². The van der Waals surface area contributed by atoms with Gasteiger partial charge in [-0.25, -0.2) is 0 Å². The van der Waals surface area contributed by atoms with Crippen LogP contribution in [0, 0.1) is 5.41 Å². The van der Waals surface area contributed by atoms with Gasteiger partial charge in [0.1, 0.15) is 0 Å². The third-order valence-corrected chi connectivity index (χ3v) is 2.15. The van der Waals surface area contributed by atoms with Gasteiger partial charge >= 0.3 is 0 Å². The molecule has 0 saturated carbocycles. The Kier molecular flexibility index (Phi) is 4.69. The summed E-state index contributed by atoms with van der Waals surface area (Å²) in [6.07, 6.45) is 2.00. The normalized spacial score (nSPS) is 14.2. The van der Waals surface area contributed by atoms with Gasteiger partial charge in [0.15, 0.2) is 0 Å². The minimum atomic E-state index is 0.102. The van der Waals surface area contributed by atoms with Crippen molar-refractivity contribution in [2.75, 3.05) is 13.7 Å². The van der Waals surface area contributed by atoms with Crippen LogP contribution in [0.5, 0.6) is 0 Å². The number of benzene rings is 1. The van der Waals surface area contributed by atoms with Crippen molar-refractivity contribution >= 4 is 6.21 Å². The zero-order valence-electron chi connectivity index (χ0n) is 10.6. The van der Waals surface area contributed by atoms with Crippen molar-refractivity contribution in [2.45, 2.75) is 26.8 Å². The van der Waals surface area contributed by atoms with Gasteiger partial charge in [-0.1, -0.05) is 51.1 Å². The summed E-state index contributed by atoms with van der Waals surface area (Å²) in [5, 5.41) is 0. The van der Waals surface area contributed by atoms with Crippen molar-refractivity contribution < 1.29 is 4.74 Å². The summed E-state index contributed by atoms with van der Waals surface area (Å²) in [5.74, 6) is 0. The summed E-state index contributed by atoms with van der Waals surface area (Å²) in [5.41, 5.74) is 1.31. The van der Waals surface area contributed by atoms with Crippen molar-refractivity contribution in [3.63, 3.8) is 0 Å². The van der Waals surface area contributed by atoms with Crippen LogP contribution in [0.25, 0.3) is 0 Å². The molecule has 0 aliphatic heterocycles. The lowest BCUT2D eigenvalue weighted by atomic mass is 9.98. The Labute approximate surface area is 98.4 Å². The van der Waals surface area contributed by atoms with E-state index in [2.05, 4.69) is 37.9 Å². The van der Waals surface area contributed by atoms with E-state index in [1.807, 2.05) is 24.4 Å². The highest BCUT2D eigenvalue weighted by Gasteiger charge is 2.11. The van der Waals surface area contributed by atoms with E-state index in [1.165, 1.54) is 5.56 Å². The summed E-state index contributed by atoms with van der Waals surface area (Å²) in [6, 6.07) is 10.4. The lowest BCUT2D eigenvalue weighted by Crippen LogP contribution is -2.10. The number of nitrogens with zero attached hydrogens (tertiary/aromatic N) is 1. The quantitative estimate of drug-likeness (QED) is 0.710. The van der Waals surface area contributed by atoms with Crippen LogP contribution in [0.3, 0.4) is 0 Å². The number of ether oxygens (including phenoxy) is 1. The molecule has 0 amide bonds. The van der Waals surface area contributed by atoms with Crippen molar-refractivity contribution in [2.24, 2.45) is 10.4 Å². The molecule has 88 valence electrons. The molecule has 0 fully saturated rings. The zero-order chi connectivity index (χ0) is 12.0. The maximum absolute atomic E-state index is 5.21. The third kappa shape index (κ3) is 4.58. The lowest BCUT2D eigenvalue weighted by Gasteiger charge is -2.15. The average Bonchev–Trinajstić information content (AvgIpc) is 2.24. The van der Waals surface area contributed by atoms with Crippen LogP contribution in [0.2, 0.25) is 0 Å². The number of aliphatic imine (C=N–C) groups is 1. The minimum Gasteiger partial charge on any atom is -0.382 e. The Hall–Kier alpha value is -1.15. The third-order valence-electron chi connectivity index (χ3n) is 2.15. The zero-order valence-corrected chi connectivity index (χ0v) is 10.6. The van der Waals surface area contributed by atoms with Crippen LogP contribution >= 0.6 is 0 Å². The molecule has 0 bridgehead atoms. The molecule has 1 aromatic rings. The van der Waals surface area contributed by atoms with E-state index in [-0.39, 0.29) is 11.5 Å². The summed E-state index contributed by atoms with van der Waals surface area (Å²) in [4.78, 5) is 4.60. The van der Waals surface area contributed by atoms with Gasteiger partial charge in [0.05, 0.1) is 12.6 Å². The summed E-state index contributed by atoms with van der Waals surface area (Å²) < 4.78 is 5.21. The van der Waals surface area contributed by atoms with Gasteiger partial charge in [-0.2, -0.15) is 0 Å². The Bertz CT molecular complexity index is 324. The molecule has 0 unspecified atom stereocenters. The molecule has 2 nitrogen and oxygen atoms in total. The molecule has 0 N–H and O–H groups in total. The molecule has 0 aliphatic rings.